The summed E-state index contributed by atoms with van der Waals surface area (Å²) < 4.78 is 7.39. The van der Waals surface area contributed by atoms with Gasteiger partial charge in [0.1, 0.15) is 5.75 Å². The highest BCUT2D eigenvalue weighted by Crippen LogP contribution is 2.29. The van der Waals surface area contributed by atoms with Crippen molar-refractivity contribution in [1.29, 1.82) is 0 Å². The smallest absolute Gasteiger partial charge is 0.236 e. The Hall–Kier alpha value is -3.04. The van der Waals surface area contributed by atoms with Crippen LogP contribution in [0.1, 0.15) is 12.8 Å². The molecule has 0 bridgehead atoms. The molecule has 8 nitrogen and oxygen atoms in total. The lowest BCUT2D eigenvalue weighted by molar-refractivity contribution is -0.133. The highest BCUT2D eigenvalue weighted by molar-refractivity contribution is 7.99. The van der Waals surface area contributed by atoms with Crippen LogP contribution in [0.2, 0.25) is 0 Å². The minimum absolute atomic E-state index is 0.105. The van der Waals surface area contributed by atoms with Crippen LogP contribution in [0.15, 0.2) is 53.7 Å². The molecule has 0 spiro atoms. The van der Waals surface area contributed by atoms with Crippen LogP contribution in [0.4, 0.5) is 0 Å². The van der Waals surface area contributed by atoms with Crippen molar-refractivity contribution in [1.82, 2.24) is 24.3 Å². The van der Waals surface area contributed by atoms with Gasteiger partial charge in [0.25, 0.3) is 0 Å². The Bertz CT molecular complexity index is 1180. The van der Waals surface area contributed by atoms with Crippen molar-refractivity contribution < 1.29 is 14.3 Å². The summed E-state index contributed by atoms with van der Waals surface area (Å²) in [5.41, 5.74) is 2.88. The maximum absolute atomic E-state index is 13.0. The number of likely N-dealkylation sites (tertiary alicyclic amines) is 1. The molecular weight excluding hydrogens is 462 g/mol. The van der Waals surface area contributed by atoms with Crippen LogP contribution in [0.25, 0.3) is 16.7 Å². The van der Waals surface area contributed by atoms with Gasteiger partial charge in [-0.3, -0.25) is 19.1 Å². The highest BCUT2D eigenvalue weighted by atomic mass is 32.2. The fourth-order valence-electron chi connectivity index (χ4n) is 4.71. The van der Waals surface area contributed by atoms with E-state index in [0.29, 0.717) is 25.4 Å². The zero-order chi connectivity index (χ0) is 24.2. The van der Waals surface area contributed by atoms with E-state index >= 15 is 0 Å². The van der Waals surface area contributed by atoms with E-state index in [-0.39, 0.29) is 11.8 Å². The number of ether oxygens (including phenoxy) is 1. The SMILES string of the molecule is COc1ccc(-n2c(SCC(=O)N3CCN(CC(=O)N4CCCC4)CC3)nc3ccccc32)cc1. The number of para-hydroxylation sites is 2. The topological polar surface area (TPSA) is 70.9 Å². The number of benzene rings is 2. The Morgan fingerprint density at radius 3 is 2.29 bits per heavy atom. The van der Waals surface area contributed by atoms with Gasteiger partial charge in [0.2, 0.25) is 11.8 Å². The van der Waals surface area contributed by atoms with Gasteiger partial charge in [0.05, 0.1) is 30.4 Å². The molecule has 0 atom stereocenters. The van der Waals surface area contributed by atoms with Gasteiger partial charge in [-0.1, -0.05) is 23.9 Å². The average molecular weight is 494 g/mol. The Morgan fingerprint density at radius 1 is 0.886 bits per heavy atom. The number of hydrogen-bond donors (Lipinski definition) is 0. The molecule has 35 heavy (non-hydrogen) atoms. The summed E-state index contributed by atoms with van der Waals surface area (Å²) in [6.07, 6.45) is 2.22. The molecule has 0 aliphatic carbocycles. The third kappa shape index (κ3) is 5.31. The van der Waals surface area contributed by atoms with Gasteiger partial charge in [-0.2, -0.15) is 0 Å². The van der Waals surface area contributed by atoms with Crippen LogP contribution in [0, 0.1) is 0 Å². The number of imidazole rings is 1. The van der Waals surface area contributed by atoms with Gasteiger partial charge in [-0.05, 0) is 49.2 Å². The van der Waals surface area contributed by atoms with Crippen molar-refractivity contribution in [3.05, 3.63) is 48.5 Å². The van der Waals surface area contributed by atoms with Crippen molar-refractivity contribution in [2.24, 2.45) is 0 Å². The highest BCUT2D eigenvalue weighted by Gasteiger charge is 2.25. The van der Waals surface area contributed by atoms with E-state index in [0.717, 1.165) is 66.6 Å². The number of hydrogen-bond acceptors (Lipinski definition) is 6. The van der Waals surface area contributed by atoms with Gasteiger partial charge >= 0.3 is 0 Å². The molecule has 0 N–H and O–H groups in total. The minimum Gasteiger partial charge on any atom is -0.497 e. The molecule has 5 rings (SSSR count). The largest absolute Gasteiger partial charge is 0.497 e. The van der Waals surface area contributed by atoms with Crippen molar-refractivity contribution in [3.8, 4) is 11.4 Å². The van der Waals surface area contributed by atoms with Crippen LogP contribution in [0.5, 0.6) is 5.75 Å². The average Bonchev–Trinajstić information content (AvgIpc) is 3.56. The van der Waals surface area contributed by atoms with E-state index in [9.17, 15) is 9.59 Å². The van der Waals surface area contributed by atoms with Crippen molar-refractivity contribution in [2.45, 2.75) is 18.0 Å². The van der Waals surface area contributed by atoms with E-state index in [1.165, 1.54) is 11.8 Å². The summed E-state index contributed by atoms with van der Waals surface area (Å²) >= 11 is 1.46. The van der Waals surface area contributed by atoms with Crippen LogP contribution in [0.3, 0.4) is 0 Å². The van der Waals surface area contributed by atoms with Crippen molar-refractivity contribution in [3.63, 3.8) is 0 Å². The molecule has 3 aromatic rings. The molecule has 0 unspecified atom stereocenters. The number of fused-ring (bicyclic) bond motifs is 1. The van der Waals surface area contributed by atoms with Crippen molar-refractivity contribution in [2.75, 3.05) is 58.7 Å². The van der Waals surface area contributed by atoms with E-state index in [4.69, 9.17) is 9.72 Å². The number of amides is 2. The molecule has 2 saturated heterocycles. The second kappa shape index (κ2) is 10.7. The second-order valence-corrected chi connectivity index (χ2v) is 9.89. The Morgan fingerprint density at radius 2 is 1.57 bits per heavy atom. The summed E-state index contributed by atoms with van der Waals surface area (Å²) in [7, 11) is 1.65. The Labute approximate surface area is 209 Å². The van der Waals surface area contributed by atoms with Gasteiger partial charge in [0, 0.05) is 45.0 Å². The third-order valence-corrected chi connectivity index (χ3v) is 7.65. The summed E-state index contributed by atoms with van der Waals surface area (Å²) in [5, 5.41) is 0.791. The molecule has 2 fully saturated rings. The molecule has 2 aliphatic heterocycles. The van der Waals surface area contributed by atoms with Gasteiger partial charge < -0.3 is 14.5 Å². The van der Waals surface area contributed by atoms with Crippen LogP contribution >= 0.6 is 11.8 Å². The first-order chi connectivity index (χ1) is 17.1. The number of aromatic nitrogens is 2. The fraction of sp³-hybridized carbons (Fsp3) is 0.423. The zero-order valence-corrected chi connectivity index (χ0v) is 20.9. The Balaban J connectivity index is 1.21. The van der Waals surface area contributed by atoms with Crippen LogP contribution in [-0.4, -0.2) is 94.7 Å². The summed E-state index contributed by atoms with van der Waals surface area (Å²) in [5.74, 6) is 1.44. The fourth-order valence-corrected chi connectivity index (χ4v) is 5.64. The number of piperazine rings is 1. The lowest BCUT2D eigenvalue weighted by atomic mass is 10.2. The van der Waals surface area contributed by atoms with Crippen LogP contribution in [-0.2, 0) is 9.59 Å². The lowest BCUT2D eigenvalue weighted by Crippen LogP contribution is -2.51. The Kier molecular flexibility index (Phi) is 7.24. The van der Waals surface area contributed by atoms with Crippen LogP contribution < -0.4 is 4.74 Å². The van der Waals surface area contributed by atoms with Gasteiger partial charge in [-0.15, -0.1) is 0 Å². The number of rotatable bonds is 7. The van der Waals surface area contributed by atoms with Gasteiger partial charge in [-0.25, -0.2) is 4.98 Å². The number of thioether (sulfide) groups is 1. The van der Waals surface area contributed by atoms with E-state index in [1.807, 2.05) is 58.3 Å². The monoisotopic (exact) mass is 493 g/mol. The third-order valence-electron chi connectivity index (χ3n) is 6.73. The van der Waals surface area contributed by atoms with E-state index in [1.54, 1.807) is 7.11 Å². The summed E-state index contributed by atoms with van der Waals surface area (Å²) in [4.78, 5) is 36.3. The van der Waals surface area contributed by atoms with Gasteiger partial charge in [0.15, 0.2) is 5.16 Å². The molecular formula is C26H31N5O3S. The predicted molar refractivity (Wildman–Crippen MR) is 137 cm³/mol. The first-order valence-corrected chi connectivity index (χ1v) is 13.1. The molecule has 184 valence electrons. The number of nitrogens with zero attached hydrogens (tertiary/aromatic N) is 5. The predicted octanol–water partition coefficient (Wildman–Crippen LogP) is 2.89. The molecule has 0 radical (unpaired) electrons. The number of methoxy groups -OCH3 is 1. The molecule has 2 aromatic carbocycles. The van der Waals surface area contributed by atoms with E-state index in [2.05, 4.69) is 9.47 Å². The molecule has 0 saturated carbocycles. The number of carbonyl (C=O) groups excluding carboxylic acids is 2. The minimum atomic E-state index is 0.105. The molecule has 2 amide bonds. The van der Waals surface area contributed by atoms with E-state index < -0.39 is 0 Å². The first kappa shape index (κ1) is 23.7. The summed E-state index contributed by atoms with van der Waals surface area (Å²) in [6.45, 7) is 5.01. The molecule has 1 aromatic heterocycles. The molecule has 9 heteroatoms. The maximum atomic E-state index is 13.0. The molecule has 3 heterocycles. The summed E-state index contributed by atoms with van der Waals surface area (Å²) in [6, 6.07) is 15.9. The zero-order valence-electron chi connectivity index (χ0n) is 20.1. The normalized spacial score (nSPS) is 16.7. The second-order valence-electron chi connectivity index (χ2n) is 8.95. The lowest BCUT2D eigenvalue weighted by Gasteiger charge is -2.35. The number of carbonyl (C=O) groups is 2. The first-order valence-electron chi connectivity index (χ1n) is 12.1. The standard InChI is InChI=1S/C26H31N5O3S/c1-34-21-10-8-20(9-11-21)31-23-7-3-2-6-22(23)27-26(31)35-19-25(33)30-16-14-28(15-17-30)18-24(32)29-12-4-5-13-29/h2-3,6-11H,4-5,12-19H2,1H3. The molecule has 2 aliphatic rings. The van der Waals surface area contributed by atoms with Crippen molar-refractivity contribution >= 4 is 34.6 Å². The maximum Gasteiger partial charge on any atom is 0.236 e. The quantitative estimate of drug-likeness (QED) is 0.472.